The van der Waals surface area contributed by atoms with Gasteiger partial charge in [-0.15, -0.1) is 0 Å². The molecule has 0 radical (unpaired) electrons. The molecule has 0 aliphatic heterocycles. The number of anilines is 1. The van der Waals surface area contributed by atoms with E-state index in [1.807, 2.05) is 42.5 Å². The van der Waals surface area contributed by atoms with Crippen molar-refractivity contribution < 1.29 is 23.8 Å². The van der Waals surface area contributed by atoms with Gasteiger partial charge in [0.2, 0.25) is 0 Å². The second-order valence-corrected chi connectivity index (χ2v) is 9.02. The Hall–Kier alpha value is -4.39. The Labute approximate surface area is 223 Å². The van der Waals surface area contributed by atoms with Crippen molar-refractivity contribution in [1.29, 1.82) is 0 Å². The molecule has 0 N–H and O–H groups in total. The standard InChI is InChI=1S/C31H32N2O5/c1-33(24-15-17-32-18-16-24)30(34)26(19-22-9-5-4-6-10-22)27(31(35)37-3)20-23-13-14-28(29(21-23)36-2)38-25-11-7-8-12-25/h4-6,9-10,13-21,25H,7-8,11-12H2,1-3H3/b26-19+,27-20-. The molecular formula is C31H32N2O5. The second kappa shape index (κ2) is 12.7. The van der Waals surface area contributed by atoms with E-state index in [2.05, 4.69) is 4.98 Å². The van der Waals surface area contributed by atoms with Crippen molar-refractivity contribution in [3.63, 3.8) is 0 Å². The summed E-state index contributed by atoms with van der Waals surface area (Å²) in [5.74, 6) is 0.215. The minimum absolute atomic E-state index is 0.119. The Morgan fingerprint density at radius 1 is 0.868 bits per heavy atom. The number of aromatic nitrogens is 1. The number of carbonyl (C=O) groups is 2. The van der Waals surface area contributed by atoms with E-state index in [0.29, 0.717) is 22.7 Å². The highest BCUT2D eigenvalue weighted by molar-refractivity contribution is 6.19. The molecule has 0 bridgehead atoms. The molecule has 4 rings (SSSR count). The number of esters is 1. The number of rotatable bonds is 9. The van der Waals surface area contributed by atoms with Gasteiger partial charge in [0.15, 0.2) is 11.5 Å². The first-order chi connectivity index (χ1) is 18.5. The van der Waals surface area contributed by atoms with E-state index in [0.717, 1.165) is 31.2 Å². The zero-order valence-corrected chi connectivity index (χ0v) is 21.9. The zero-order chi connectivity index (χ0) is 26.9. The van der Waals surface area contributed by atoms with E-state index in [4.69, 9.17) is 14.2 Å². The van der Waals surface area contributed by atoms with Crippen LogP contribution in [0.1, 0.15) is 36.8 Å². The van der Waals surface area contributed by atoms with Crippen LogP contribution >= 0.6 is 0 Å². The monoisotopic (exact) mass is 512 g/mol. The van der Waals surface area contributed by atoms with Gasteiger partial charge in [0, 0.05) is 25.1 Å². The van der Waals surface area contributed by atoms with Crippen LogP contribution in [-0.2, 0) is 14.3 Å². The predicted molar refractivity (Wildman–Crippen MR) is 148 cm³/mol. The van der Waals surface area contributed by atoms with Crippen LogP contribution in [0.3, 0.4) is 0 Å². The van der Waals surface area contributed by atoms with E-state index in [1.165, 1.54) is 12.0 Å². The van der Waals surface area contributed by atoms with Crippen LogP contribution in [-0.4, -0.2) is 44.2 Å². The van der Waals surface area contributed by atoms with Crippen LogP contribution in [0.5, 0.6) is 11.5 Å². The molecule has 7 heteroatoms. The number of hydrogen-bond acceptors (Lipinski definition) is 6. The second-order valence-electron chi connectivity index (χ2n) is 9.02. The van der Waals surface area contributed by atoms with Gasteiger partial charge in [-0.05, 0) is 73.2 Å². The number of likely N-dealkylation sites (N-methyl/N-ethyl adjacent to an activating group) is 1. The normalized spacial score (nSPS) is 14.2. The van der Waals surface area contributed by atoms with Gasteiger partial charge in [-0.2, -0.15) is 0 Å². The quantitative estimate of drug-likeness (QED) is 0.207. The Balaban J connectivity index is 1.77. The van der Waals surface area contributed by atoms with E-state index in [-0.39, 0.29) is 23.2 Å². The zero-order valence-electron chi connectivity index (χ0n) is 21.9. The van der Waals surface area contributed by atoms with E-state index < -0.39 is 5.97 Å². The minimum atomic E-state index is -0.631. The molecule has 1 aromatic heterocycles. The largest absolute Gasteiger partial charge is 0.493 e. The lowest BCUT2D eigenvalue weighted by Gasteiger charge is -2.20. The predicted octanol–water partition coefficient (Wildman–Crippen LogP) is 5.71. The van der Waals surface area contributed by atoms with Crippen molar-refractivity contribution >= 4 is 29.7 Å². The Morgan fingerprint density at radius 2 is 1.55 bits per heavy atom. The van der Waals surface area contributed by atoms with Gasteiger partial charge in [-0.1, -0.05) is 36.4 Å². The number of pyridine rings is 1. The summed E-state index contributed by atoms with van der Waals surface area (Å²) in [7, 11) is 4.54. The fourth-order valence-electron chi connectivity index (χ4n) is 4.42. The first-order valence-electron chi connectivity index (χ1n) is 12.6. The molecule has 0 spiro atoms. The fraction of sp³-hybridized carbons (Fsp3) is 0.258. The molecular weight excluding hydrogens is 480 g/mol. The number of benzene rings is 2. The lowest BCUT2D eigenvalue weighted by molar-refractivity contribution is -0.136. The Morgan fingerprint density at radius 3 is 2.21 bits per heavy atom. The molecule has 7 nitrogen and oxygen atoms in total. The maximum Gasteiger partial charge on any atom is 0.338 e. The molecule has 2 aromatic carbocycles. The molecule has 1 aliphatic carbocycles. The Bertz CT molecular complexity index is 1310. The molecule has 38 heavy (non-hydrogen) atoms. The molecule has 1 fully saturated rings. The van der Waals surface area contributed by atoms with Crippen LogP contribution in [0.4, 0.5) is 5.69 Å². The molecule has 3 aromatic rings. The van der Waals surface area contributed by atoms with Gasteiger partial charge in [-0.3, -0.25) is 9.78 Å². The van der Waals surface area contributed by atoms with Crippen LogP contribution in [0.15, 0.2) is 84.2 Å². The van der Waals surface area contributed by atoms with Gasteiger partial charge >= 0.3 is 5.97 Å². The lowest BCUT2D eigenvalue weighted by Crippen LogP contribution is -2.30. The SMILES string of the molecule is COC(=O)C(=C\c1ccc(OC2CCCC2)c(OC)c1)/C(=C\c1ccccc1)C(=O)N(C)c1ccncc1. The third-order valence-electron chi connectivity index (χ3n) is 6.49. The molecule has 0 atom stereocenters. The molecule has 1 heterocycles. The molecule has 0 saturated heterocycles. The number of hydrogen-bond donors (Lipinski definition) is 0. The van der Waals surface area contributed by atoms with Crippen molar-refractivity contribution in [1.82, 2.24) is 4.98 Å². The van der Waals surface area contributed by atoms with Crippen molar-refractivity contribution in [3.8, 4) is 11.5 Å². The van der Waals surface area contributed by atoms with Crippen molar-refractivity contribution in [2.24, 2.45) is 0 Å². The summed E-state index contributed by atoms with van der Waals surface area (Å²) < 4.78 is 16.9. The summed E-state index contributed by atoms with van der Waals surface area (Å²) >= 11 is 0. The van der Waals surface area contributed by atoms with Crippen molar-refractivity contribution in [3.05, 3.63) is 95.3 Å². The average Bonchev–Trinajstić information content (AvgIpc) is 3.48. The van der Waals surface area contributed by atoms with E-state index in [1.54, 1.807) is 56.9 Å². The lowest BCUT2D eigenvalue weighted by atomic mass is 9.98. The minimum Gasteiger partial charge on any atom is -0.493 e. The number of ether oxygens (including phenoxy) is 3. The van der Waals surface area contributed by atoms with Crippen LogP contribution in [0.2, 0.25) is 0 Å². The average molecular weight is 513 g/mol. The number of carbonyl (C=O) groups excluding carboxylic acids is 2. The van der Waals surface area contributed by atoms with Crippen LogP contribution < -0.4 is 14.4 Å². The van der Waals surface area contributed by atoms with Crippen LogP contribution in [0, 0.1) is 0 Å². The maximum atomic E-state index is 13.8. The third kappa shape index (κ3) is 6.48. The van der Waals surface area contributed by atoms with E-state index >= 15 is 0 Å². The Kier molecular flexibility index (Phi) is 8.93. The molecule has 1 amide bonds. The van der Waals surface area contributed by atoms with Gasteiger partial charge < -0.3 is 19.1 Å². The molecule has 0 unspecified atom stereocenters. The summed E-state index contributed by atoms with van der Waals surface area (Å²) in [5, 5.41) is 0. The number of nitrogens with zero attached hydrogens (tertiary/aromatic N) is 2. The summed E-state index contributed by atoms with van der Waals surface area (Å²) in [5.41, 5.74) is 2.38. The first-order valence-corrected chi connectivity index (χ1v) is 12.6. The number of amides is 1. The summed E-state index contributed by atoms with van der Waals surface area (Å²) in [6, 6.07) is 18.3. The molecule has 1 saturated carbocycles. The van der Waals surface area contributed by atoms with Crippen molar-refractivity contribution in [2.75, 3.05) is 26.2 Å². The first kappa shape index (κ1) is 26.7. The highest BCUT2D eigenvalue weighted by Gasteiger charge is 2.26. The highest BCUT2D eigenvalue weighted by Crippen LogP contribution is 2.33. The molecule has 196 valence electrons. The smallest absolute Gasteiger partial charge is 0.338 e. The van der Waals surface area contributed by atoms with Crippen molar-refractivity contribution in [2.45, 2.75) is 31.8 Å². The van der Waals surface area contributed by atoms with Crippen LogP contribution in [0.25, 0.3) is 12.2 Å². The topological polar surface area (TPSA) is 78.0 Å². The maximum absolute atomic E-state index is 13.8. The molecule has 1 aliphatic rings. The third-order valence-corrected chi connectivity index (χ3v) is 6.49. The summed E-state index contributed by atoms with van der Waals surface area (Å²) in [6.45, 7) is 0. The summed E-state index contributed by atoms with van der Waals surface area (Å²) in [6.07, 6.45) is 11.1. The van der Waals surface area contributed by atoms with Gasteiger partial charge in [-0.25, -0.2) is 4.79 Å². The van der Waals surface area contributed by atoms with Gasteiger partial charge in [0.05, 0.1) is 31.5 Å². The summed E-state index contributed by atoms with van der Waals surface area (Å²) in [4.78, 5) is 32.4. The fourth-order valence-corrected chi connectivity index (χ4v) is 4.42. The van der Waals surface area contributed by atoms with Gasteiger partial charge in [0.25, 0.3) is 5.91 Å². The van der Waals surface area contributed by atoms with Gasteiger partial charge in [0.1, 0.15) is 0 Å². The highest BCUT2D eigenvalue weighted by atomic mass is 16.5. The number of methoxy groups -OCH3 is 2. The van der Waals surface area contributed by atoms with E-state index in [9.17, 15) is 9.59 Å².